The van der Waals surface area contributed by atoms with E-state index in [4.69, 9.17) is 9.47 Å². The number of nitro benzene ring substituents is 1. The number of carbonyl (C=O) groups excluding carboxylic acids is 1. The number of amides is 1. The van der Waals surface area contributed by atoms with Crippen LogP contribution in [-0.4, -0.2) is 40.6 Å². The third-order valence-electron chi connectivity index (χ3n) is 6.92. The Morgan fingerprint density at radius 2 is 1.84 bits per heavy atom. The molecule has 1 spiro atoms. The van der Waals surface area contributed by atoms with E-state index >= 15 is 0 Å². The Bertz CT molecular complexity index is 1080. The molecule has 8 heteroatoms. The van der Waals surface area contributed by atoms with Crippen molar-refractivity contribution in [3.8, 4) is 17.2 Å². The van der Waals surface area contributed by atoms with Crippen LogP contribution >= 0.6 is 0 Å². The molecule has 0 unspecified atom stereocenters. The zero-order valence-corrected chi connectivity index (χ0v) is 17.3. The van der Waals surface area contributed by atoms with E-state index < -0.39 is 16.4 Å². The summed E-state index contributed by atoms with van der Waals surface area (Å²) in [6.45, 7) is 3.58. The largest absolute Gasteiger partial charge is 0.502 e. The average Bonchev–Trinajstić information content (AvgIpc) is 3.24. The van der Waals surface area contributed by atoms with Gasteiger partial charge in [0, 0.05) is 23.6 Å². The van der Waals surface area contributed by atoms with E-state index in [0.29, 0.717) is 25.5 Å². The first-order valence-electron chi connectivity index (χ1n) is 10.6. The van der Waals surface area contributed by atoms with E-state index in [2.05, 4.69) is 6.07 Å². The Morgan fingerprint density at radius 1 is 1.16 bits per heavy atom. The second kappa shape index (κ2) is 7.14. The van der Waals surface area contributed by atoms with Crippen LogP contribution in [0.25, 0.3) is 0 Å². The van der Waals surface area contributed by atoms with Crippen LogP contribution in [0.3, 0.4) is 0 Å². The van der Waals surface area contributed by atoms with Gasteiger partial charge in [-0.1, -0.05) is 12.8 Å². The van der Waals surface area contributed by atoms with Gasteiger partial charge in [-0.15, -0.1) is 0 Å². The number of aromatic hydroxyl groups is 1. The number of nitro groups is 1. The summed E-state index contributed by atoms with van der Waals surface area (Å²) < 4.78 is 11.6. The minimum Gasteiger partial charge on any atom is -0.502 e. The summed E-state index contributed by atoms with van der Waals surface area (Å²) in [5.41, 5.74) is 1.97. The van der Waals surface area contributed by atoms with Crippen LogP contribution in [0.1, 0.15) is 60.1 Å². The molecule has 2 aromatic rings. The number of ether oxygens (including phenoxy) is 2. The number of benzene rings is 2. The standard InChI is InChI=1S/C23H24N2O6/c1-14-16-11-20-21(31-9-8-30-20)12-17(16)23(6-2-3-7-23)13-24(14)22(27)15-4-5-18(25(28)29)19(26)10-15/h4-5,10-12,14,26H,2-3,6-9,13H2,1H3/t14-/m1/s1. The summed E-state index contributed by atoms with van der Waals surface area (Å²) in [4.78, 5) is 25.6. The average molecular weight is 424 g/mol. The number of rotatable bonds is 2. The van der Waals surface area contributed by atoms with E-state index in [1.807, 2.05) is 17.9 Å². The molecule has 31 heavy (non-hydrogen) atoms. The summed E-state index contributed by atoms with van der Waals surface area (Å²) in [7, 11) is 0. The van der Waals surface area contributed by atoms with Crippen molar-refractivity contribution in [1.82, 2.24) is 4.90 Å². The Kier molecular flexibility index (Phi) is 4.53. The SMILES string of the molecule is C[C@@H]1c2cc3c(cc2C2(CCCC2)CN1C(=O)c1ccc([N+](=O)[O-])c(O)c1)OCCO3. The lowest BCUT2D eigenvalue weighted by molar-refractivity contribution is -0.385. The molecule has 1 N–H and O–H groups in total. The lowest BCUT2D eigenvalue weighted by Gasteiger charge is -2.46. The van der Waals surface area contributed by atoms with Gasteiger partial charge in [0.1, 0.15) is 13.2 Å². The van der Waals surface area contributed by atoms with Crippen LogP contribution in [0.5, 0.6) is 17.2 Å². The summed E-state index contributed by atoms with van der Waals surface area (Å²) in [5.74, 6) is 0.719. The van der Waals surface area contributed by atoms with Gasteiger partial charge in [-0.25, -0.2) is 0 Å². The fourth-order valence-electron chi connectivity index (χ4n) is 5.33. The zero-order chi connectivity index (χ0) is 21.8. The number of hydrogen-bond acceptors (Lipinski definition) is 6. The molecule has 1 fully saturated rings. The summed E-state index contributed by atoms with van der Waals surface area (Å²) >= 11 is 0. The fourth-order valence-corrected chi connectivity index (χ4v) is 5.33. The van der Waals surface area contributed by atoms with Crippen LogP contribution in [0, 0.1) is 10.1 Å². The van der Waals surface area contributed by atoms with Gasteiger partial charge >= 0.3 is 5.69 Å². The highest BCUT2D eigenvalue weighted by molar-refractivity contribution is 5.95. The van der Waals surface area contributed by atoms with E-state index in [1.54, 1.807) is 0 Å². The zero-order valence-electron chi connectivity index (χ0n) is 17.3. The Hall–Kier alpha value is -3.29. The first kappa shape index (κ1) is 19.7. The third kappa shape index (κ3) is 3.08. The Morgan fingerprint density at radius 3 is 2.48 bits per heavy atom. The van der Waals surface area contributed by atoms with Gasteiger partial charge < -0.3 is 19.5 Å². The molecule has 0 aromatic heterocycles. The van der Waals surface area contributed by atoms with E-state index in [0.717, 1.165) is 37.0 Å². The first-order chi connectivity index (χ1) is 14.9. The van der Waals surface area contributed by atoms with Crippen LogP contribution in [0.15, 0.2) is 30.3 Å². The lowest BCUT2D eigenvalue weighted by Crippen LogP contribution is -2.48. The van der Waals surface area contributed by atoms with Crippen molar-refractivity contribution in [2.24, 2.45) is 0 Å². The van der Waals surface area contributed by atoms with Crippen LogP contribution in [0.4, 0.5) is 5.69 Å². The van der Waals surface area contributed by atoms with Gasteiger partial charge in [0.2, 0.25) is 0 Å². The van der Waals surface area contributed by atoms with Crippen LogP contribution in [0.2, 0.25) is 0 Å². The molecule has 0 radical (unpaired) electrons. The van der Waals surface area contributed by atoms with Crippen molar-refractivity contribution < 1.29 is 24.3 Å². The number of hydrogen-bond donors (Lipinski definition) is 1. The first-order valence-corrected chi connectivity index (χ1v) is 10.6. The molecule has 8 nitrogen and oxygen atoms in total. The van der Waals surface area contributed by atoms with Crippen molar-refractivity contribution in [3.63, 3.8) is 0 Å². The molecule has 0 saturated heterocycles. The van der Waals surface area contributed by atoms with Gasteiger partial charge in [0.15, 0.2) is 17.2 Å². The highest BCUT2D eigenvalue weighted by Gasteiger charge is 2.46. The third-order valence-corrected chi connectivity index (χ3v) is 6.92. The van der Waals surface area contributed by atoms with Crippen LogP contribution < -0.4 is 9.47 Å². The summed E-state index contributed by atoms with van der Waals surface area (Å²) in [6, 6.07) is 7.67. The summed E-state index contributed by atoms with van der Waals surface area (Å²) in [6.07, 6.45) is 4.18. The maximum Gasteiger partial charge on any atom is 0.310 e. The summed E-state index contributed by atoms with van der Waals surface area (Å²) in [5, 5.41) is 21.0. The molecule has 1 saturated carbocycles. The predicted molar refractivity (Wildman–Crippen MR) is 112 cm³/mol. The van der Waals surface area contributed by atoms with Gasteiger partial charge in [0.25, 0.3) is 5.91 Å². The minimum atomic E-state index is -0.665. The van der Waals surface area contributed by atoms with Crippen molar-refractivity contribution >= 4 is 11.6 Å². The molecule has 0 bridgehead atoms. The monoisotopic (exact) mass is 424 g/mol. The van der Waals surface area contributed by atoms with E-state index in [-0.39, 0.29) is 22.9 Å². The van der Waals surface area contributed by atoms with Gasteiger partial charge in [-0.3, -0.25) is 14.9 Å². The van der Waals surface area contributed by atoms with Gasteiger partial charge in [-0.2, -0.15) is 0 Å². The van der Waals surface area contributed by atoms with Crippen molar-refractivity contribution in [2.75, 3.05) is 19.8 Å². The molecule has 1 aliphatic carbocycles. The number of nitrogens with zero attached hydrogens (tertiary/aromatic N) is 2. The number of fused-ring (bicyclic) bond motifs is 3. The quantitative estimate of drug-likeness (QED) is 0.575. The molecule has 1 atom stereocenters. The molecule has 5 rings (SSSR count). The molecule has 2 aromatic carbocycles. The predicted octanol–water partition coefficient (Wildman–Crippen LogP) is 4.10. The van der Waals surface area contributed by atoms with Gasteiger partial charge in [-0.05, 0) is 55.2 Å². The number of phenols is 1. The maximum absolute atomic E-state index is 13.5. The normalized spacial score (nSPS) is 21.1. The highest BCUT2D eigenvalue weighted by atomic mass is 16.6. The van der Waals surface area contributed by atoms with Crippen molar-refractivity contribution in [1.29, 1.82) is 0 Å². The van der Waals surface area contributed by atoms with E-state index in [9.17, 15) is 20.0 Å². The molecule has 3 aliphatic rings. The number of carbonyl (C=O) groups is 1. The molecule has 1 amide bonds. The second-order valence-electron chi connectivity index (χ2n) is 8.64. The maximum atomic E-state index is 13.5. The molecule has 162 valence electrons. The molecular formula is C23H24N2O6. The molecule has 2 heterocycles. The second-order valence-corrected chi connectivity index (χ2v) is 8.64. The molecular weight excluding hydrogens is 400 g/mol. The Balaban J connectivity index is 1.56. The highest BCUT2D eigenvalue weighted by Crippen LogP contribution is 2.52. The Labute approximate surface area is 179 Å². The topological polar surface area (TPSA) is 102 Å². The molecule has 2 aliphatic heterocycles. The van der Waals surface area contributed by atoms with E-state index in [1.165, 1.54) is 23.8 Å². The minimum absolute atomic E-state index is 0.143. The van der Waals surface area contributed by atoms with Crippen molar-refractivity contribution in [3.05, 3.63) is 57.1 Å². The smallest absolute Gasteiger partial charge is 0.310 e. The number of phenolic OH excluding ortho intramolecular Hbond substituents is 1. The van der Waals surface area contributed by atoms with Crippen molar-refractivity contribution in [2.45, 2.75) is 44.1 Å². The van der Waals surface area contributed by atoms with Gasteiger partial charge in [0.05, 0.1) is 11.0 Å². The fraction of sp³-hybridized carbons (Fsp3) is 0.435. The lowest BCUT2D eigenvalue weighted by atomic mass is 9.71. The van der Waals surface area contributed by atoms with Crippen LogP contribution in [-0.2, 0) is 5.41 Å².